The molecule has 8 nitrogen and oxygen atoms in total. The topological polar surface area (TPSA) is 95.3 Å². The second kappa shape index (κ2) is 9.38. The molecule has 0 amide bonds. The molecule has 0 saturated carbocycles. The van der Waals surface area contributed by atoms with Crippen LogP contribution in [0.5, 0.6) is 5.75 Å². The lowest BCUT2D eigenvalue weighted by atomic mass is 10.1. The van der Waals surface area contributed by atoms with Gasteiger partial charge in [-0.05, 0) is 39.2 Å². The number of benzene rings is 2. The largest absolute Gasteiger partial charge is 0.494 e. The number of para-hydroxylation sites is 1. The van der Waals surface area contributed by atoms with Crippen LogP contribution in [0.25, 0.3) is 22.2 Å². The van der Waals surface area contributed by atoms with E-state index in [1.54, 1.807) is 13.3 Å². The number of hydrogen-bond acceptors (Lipinski definition) is 7. The van der Waals surface area contributed by atoms with Gasteiger partial charge in [0.25, 0.3) is 0 Å². The summed E-state index contributed by atoms with van der Waals surface area (Å²) in [5.74, 6) is 1.15. The highest BCUT2D eigenvalue weighted by Gasteiger charge is 2.15. The summed E-state index contributed by atoms with van der Waals surface area (Å²) in [5.41, 5.74) is 12.7. The number of nitrogens with zero attached hydrogens (tertiary/aromatic N) is 4. The lowest BCUT2D eigenvalue weighted by molar-refractivity contribution is 0.413. The van der Waals surface area contributed by atoms with Crippen LogP contribution in [0.4, 0.5) is 23.0 Å². The normalized spacial score (nSPS) is 11.2. The van der Waals surface area contributed by atoms with Crippen LogP contribution < -0.4 is 20.7 Å². The molecule has 0 radical (unpaired) electrons. The molecule has 0 spiro atoms. The van der Waals surface area contributed by atoms with Crippen LogP contribution in [0.3, 0.4) is 0 Å². The highest BCUT2D eigenvalue weighted by molar-refractivity contribution is 5.96. The molecule has 8 heteroatoms. The summed E-state index contributed by atoms with van der Waals surface area (Å²) in [6.45, 7) is 3.83. The first-order valence-corrected chi connectivity index (χ1v) is 10.9. The molecule has 33 heavy (non-hydrogen) atoms. The van der Waals surface area contributed by atoms with E-state index >= 15 is 0 Å². The molecule has 0 aliphatic heterocycles. The molecule has 4 N–H and O–H groups in total. The van der Waals surface area contributed by atoms with Gasteiger partial charge in [-0.2, -0.15) is 0 Å². The molecular formula is C25H31N7O. The highest BCUT2D eigenvalue weighted by Crippen LogP contribution is 2.37. The lowest BCUT2D eigenvalue weighted by Gasteiger charge is -2.24. The highest BCUT2D eigenvalue weighted by atomic mass is 16.5. The number of ether oxygens (including phenoxy) is 1. The van der Waals surface area contributed by atoms with E-state index in [1.807, 2.05) is 37.4 Å². The summed E-state index contributed by atoms with van der Waals surface area (Å²) in [7, 11) is 7.78. The van der Waals surface area contributed by atoms with E-state index in [1.165, 1.54) is 0 Å². The number of nitrogens with one attached hydrogen (secondary N) is 2. The number of fused-ring (bicyclic) bond motifs is 1. The SMILES string of the molecule is COc1cc(N(C)CCN(C)C)c(N)cc1Nc1nccc(-c2c(C)[nH]c3ccccc23)n1. The van der Waals surface area contributed by atoms with E-state index < -0.39 is 0 Å². The third-order valence-corrected chi connectivity index (χ3v) is 5.69. The summed E-state index contributed by atoms with van der Waals surface area (Å²) < 4.78 is 5.65. The van der Waals surface area contributed by atoms with Crippen LogP contribution in [0.1, 0.15) is 5.69 Å². The Balaban J connectivity index is 1.64. The average Bonchev–Trinajstić information content (AvgIpc) is 3.13. The molecule has 0 bridgehead atoms. The molecule has 0 atom stereocenters. The third-order valence-electron chi connectivity index (χ3n) is 5.69. The summed E-state index contributed by atoms with van der Waals surface area (Å²) >= 11 is 0. The molecule has 2 heterocycles. The van der Waals surface area contributed by atoms with Crippen LogP contribution in [0.2, 0.25) is 0 Å². The lowest BCUT2D eigenvalue weighted by Crippen LogP contribution is -2.29. The Labute approximate surface area is 194 Å². The predicted octanol–water partition coefficient (Wildman–Crippen LogP) is 4.27. The summed E-state index contributed by atoms with van der Waals surface area (Å²) in [6, 6.07) is 13.9. The molecule has 0 aliphatic rings. The van der Waals surface area contributed by atoms with E-state index in [0.29, 0.717) is 23.1 Å². The van der Waals surface area contributed by atoms with Gasteiger partial charge in [-0.1, -0.05) is 18.2 Å². The molecule has 4 rings (SSSR count). The number of aromatic amines is 1. The standard InChI is InChI=1S/C25H31N7O/c1-16-24(17-8-6-7-9-19(17)28-16)20-10-11-27-25(29-20)30-21-14-18(26)22(15-23(21)33-5)32(4)13-12-31(2)3/h6-11,14-15,28H,12-13,26H2,1-5H3,(H,27,29,30). The van der Waals surface area contributed by atoms with Crippen molar-refractivity contribution in [2.24, 2.45) is 0 Å². The van der Waals surface area contributed by atoms with E-state index in [-0.39, 0.29) is 0 Å². The number of nitrogens with two attached hydrogens (primary N) is 1. The molecule has 0 aliphatic carbocycles. The Bertz CT molecular complexity index is 1270. The maximum absolute atomic E-state index is 6.40. The number of aromatic nitrogens is 3. The fourth-order valence-electron chi connectivity index (χ4n) is 3.94. The van der Waals surface area contributed by atoms with E-state index in [0.717, 1.165) is 46.6 Å². The Morgan fingerprint density at radius 1 is 1.09 bits per heavy atom. The first-order valence-electron chi connectivity index (χ1n) is 10.9. The quantitative estimate of drug-likeness (QED) is 0.349. The summed E-state index contributed by atoms with van der Waals surface area (Å²) in [6.07, 6.45) is 1.76. The van der Waals surface area contributed by atoms with Gasteiger partial charge >= 0.3 is 0 Å². The Morgan fingerprint density at radius 3 is 2.64 bits per heavy atom. The third kappa shape index (κ3) is 4.70. The van der Waals surface area contributed by atoms with Gasteiger partial charge < -0.3 is 30.6 Å². The number of rotatable bonds is 8. The minimum Gasteiger partial charge on any atom is -0.494 e. The first kappa shape index (κ1) is 22.4. The first-order chi connectivity index (χ1) is 15.9. The van der Waals surface area contributed by atoms with Crippen molar-refractivity contribution in [1.82, 2.24) is 19.9 Å². The van der Waals surface area contributed by atoms with Crippen LogP contribution >= 0.6 is 0 Å². The molecular weight excluding hydrogens is 414 g/mol. The number of hydrogen-bond donors (Lipinski definition) is 3. The maximum atomic E-state index is 6.40. The molecule has 4 aromatic rings. The van der Waals surface area contributed by atoms with Crippen molar-refractivity contribution in [2.45, 2.75) is 6.92 Å². The number of aryl methyl sites for hydroxylation is 1. The number of likely N-dealkylation sites (N-methyl/N-ethyl adjacent to an activating group) is 2. The molecule has 2 aromatic heterocycles. The van der Waals surface area contributed by atoms with E-state index in [4.69, 9.17) is 15.5 Å². The fraction of sp³-hybridized carbons (Fsp3) is 0.280. The van der Waals surface area contributed by atoms with Crippen molar-refractivity contribution >= 4 is 33.9 Å². The van der Waals surface area contributed by atoms with Gasteiger partial charge in [-0.25, -0.2) is 9.97 Å². The van der Waals surface area contributed by atoms with E-state index in [9.17, 15) is 0 Å². The summed E-state index contributed by atoms with van der Waals surface area (Å²) in [5, 5.41) is 4.42. The predicted molar refractivity (Wildman–Crippen MR) is 137 cm³/mol. The van der Waals surface area contributed by atoms with Gasteiger partial charge in [0, 0.05) is 54.6 Å². The van der Waals surface area contributed by atoms with Crippen LogP contribution in [-0.2, 0) is 0 Å². The van der Waals surface area contributed by atoms with Gasteiger partial charge in [0.05, 0.1) is 29.9 Å². The van der Waals surface area contributed by atoms with E-state index in [2.05, 4.69) is 58.2 Å². The van der Waals surface area contributed by atoms with Gasteiger partial charge in [-0.15, -0.1) is 0 Å². The Morgan fingerprint density at radius 2 is 1.88 bits per heavy atom. The Kier molecular flexibility index (Phi) is 6.37. The van der Waals surface area contributed by atoms with Crippen molar-refractivity contribution in [3.05, 3.63) is 54.4 Å². The van der Waals surface area contributed by atoms with Crippen molar-refractivity contribution < 1.29 is 4.74 Å². The van der Waals surface area contributed by atoms with Crippen LogP contribution in [0, 0.1) is 6.92 Å². The maximum Gasteiger partial charge on any atom is 0.227 e. The van der Waals surface area contributed by atoms with Crippen LogP contribution in [-0.4, -0.2) is 61.2 Å². The Hall–Kier alpha value is -3.78. The van der Waals surface area contributed by atoms with Crippen molar-refractivity contribution in [3.63, 3.8) is 0 Å². The van der Waals surface area contributed by atoms with Gasteiger partial charge in [0.1, 0.15) is 5.75 Å². The summed E-state index contributed by atoms with van der Waals surface area (Å²) in [4.78, 5) is 16.9. The molecule has 0 unspecified atom stereocenters. The second-order valence-electron chi connectivity index (χ2n) is 8.40. The molecule has 172 valence electrons. The van der Waals surface area contributed by atoms with Gasteiger partial charge in [0.2, 0.25) is 5.95 Å². The number of methoxy groups -OCH3 is 1. The smallest absolute Gasteiger partial charge is 0.227 e. The molecule has 2 aromatic carbocycles. The number of anilines is 4. The fourth-order valence-corrected chi connectivity index (χ4v) is 3.94. The van der Waals surface area contributed by atoms with Crippen molar-refractivity contribution in [2.75, 3.05) is 57.3 Å². The molecule has 0 saturated heterocycles. The minimum atomic E-state index is 0.476. The second-order valence-corrected chi connectivity index (χ2v) is 8.40. The number of nitrogen functional groups attached to an aromatic ring is 1. The monoisotopic (exact) mass is 445 g/mol. The zero-order valence-corrected chi connectivity index (χ0v) is 19.8. The van der Waals surface area contributed by atoms with Crippen molar-refractivity contribution in [1.29, 1.82) is 0 Å². The van der Waals surface area contributed by atoms with Crippen molar-refractivity contribution in [3.8, 4) is 17.0 Å². The average molecular weight is 446 g/mol. The zero-order chi connectivity index (χ0) is 23.5. The molecule has 0 fully saturated rings. The van der Waals surface area contributed by atoms with Gasteiger partial charge in [-0.3, -0.25) is 0 Å². The zero-order valence-electron chi connectivity index (χ0n) is 19.8. The van der Waals surface area contributed by atoms with Gasteiger partial charge in [0.15, 0.2) is 0 Å². The number of H-pyrrole nitrogens is 1. The van der Waals surface area contributed by atoms with Crippen LogP contribution in [0.15, 0.2) is 48.7 Å². The minimum absolute atomic E-state index is 0.476.